The Balaban J connectivity index is 1.95. The highest BCUT2D eigenvalue weighted by molar-refractivity contribution is 5.97. The van der Waals surface area contributed by atoms with Gasteiger partial charge in [-0.3, -0.25) is 9.36 Å². The lowest BCUT2D eigenvalue weighted by Gasteiger charge is -2.05. The van der Waals surface area contributed by atoms with Crippen LogP contribution >= 0.6 is 0 Å². The predicted molar refractivity (Wildman–Crippen MR) is 89.1 cm³/mol. The summed E-state index contributed by atoms with van der Waals surface area (Å²) in [4.78, 5) is 36.1. The van der Waals surface area contributed by atoms with Gasteiger partial charge in [0.1, 0.15) is 5.75 Å². The number of oxazole rings is 1. The molecule has 3 rings (SSSR count). The van der Waals surface area contributed by atoms with Crippen molar-refractivity contribution in [2.75, 3.05) is 14.2 Å². The first kappa shape index (κ1) is 16.5. The SMILES string of the molecule is COC(=O)c1ccc2c(c1)oc(=O)n2CC(=O)c1cccc(OC)c1. The van der Waals surface area contributed by atoms with Crippen LogP contribution in [0.25, 0.3) is 11.1 Å². The van der Waals surface area contributed by atoms with Crippen molar-refractivity contribution in [3.63, 3.8) is 0 Å². The number of esters is 1. The highest BCUT2D eigenvalue weighted by Crippen LogP contribution is 2.18. The second kappa shape index (κ2) is 6.64. The van der Waals surface area contributed by atoms with Crippen LogP contribution in [0, 0.1) is 0 Å². The van der Waals surface area contributed by atoms with Crippen molar-refractivity contribution < 1.29 is 23.5 Å². The van der Waals surface area contributed by atoms with Crippen LogP contribution in [-0.4, -0.2) is 30.5 Å². The van der Waals surface area contributed by atoms with E-state index in [1.165, 1.54) is 30.9 Å². The molecule has 0 unspecified atom stereocenters. The lowest BCUT2D eigenvalue weighted by atomic mass is 10.1. The Kier molecular flexibility index (Phi) is 4.38. The van der Waals surface area contributed by atoms with Gasteiger partial charge in [0.2, 0.25) is 0 Å². The number of carbonyl (C=O) groups excluding carboxylic acids is 2. The molecule has 0 bridgehead atoms. The van der Waals surface area contributed by atoms with Crippen LogP contribution < -0.4 is 10.5 Å². The summed E-state index contributed by atoms with van der Waals surface area (Å²) in [6.07, 6.45) is 0. The van der Waals surface area contributed by atoms with Crippen molar-refractivity contribution in [2.45, 2.75) is 6.54 Å². The van der Waals surface area contributed by atoms with Gasteiger partial charge < -0.3 is 13.9 Å². The maximum atomic E-state index is 12.5. The Morgan fingerprint density at radius 1 is 1.08 bits per heavy atom. The Morgan fingerprint density at radius 2 is 1.88 bits per heavy atom. The number of ketones is 1. The van der Waals surface area contributed by atoms with Crippen molar-refractivity contribution >= 4 is 22.9 Å². The number of Topliss-reactive ketones (excluding diaryl/α,β-unsaturated/α-hetero) is 1. The minimum absolute atomic E-state index is 0.184. The van der Waals surface area contributed by atoms with E-state index >= 15 is 0 Å². The number of fused-ring (bicyclic) bond motifs is 1. The van der Waals surface area contributed by atoms with Crippen molar-refractivity contribution in [3.8, 4) is 5.75 Å². The van der Waals surface area contributed by atoms with E-state index in [0.717, 1.165) is 0 Å². The second-order valence-electron chi connectivity index (χ2n) is 5.28. The highest BCUT2D eigenvalue weighted by Gasteiger charge is 2.16. The van der Waals surface area contributed by atoms with Crippen LogP contribution in [0.2, 0.25) is 0 Å². The van der Waals surface area contributed by atoms with Crippen LogP contribution in [-0.2, 0) is 11.3 Å². The van der Waals surface area contributed by atoms with Gasteiger partial charge in [-0.05, 0) is 30.3 Å². The third kappa shape index (κ3) is 3.16. The summed E-state index contributed by atoms with van der Waals surface area (Å²) in [5.41, 5.74) is 1.32. The lowest BCUT2D eigenvalue weighted by Crippen LogP contribution is -2.20. The predicted octanol–water partition coefficient (Wildman–Crippen LogP) is 2.27. The molecule has 0 aliphatic heterocycles. The molecule has 0 saturated heterocycles. The van der Waals surface area contributed by atoms with Crippen LogP contribution in [0.15, 0.2) is 51.7 Å². The molecule has 0 atom stereocenters. The van der Waals surface area contributed by atoms with Gasteiger partial charge in [-0.2, -0.15) is 0 Å². The van der Waals surface area contributed by atoms with Gasteiger partial charge >= 0.3 is 11.7 Å². The zero-order chi connectivity index (χ0) is 18.0. The number of hydrogen-bond acceptors (Lipinski definition) is 6. The van der Waals surface area contributed by atoms with E-state index in [-0.39, 0.29) is 23.5 Å². The van der Waals surface area contributed by atoms with Gasteiger partial charge in [0.05, 0.1) is 31.8 Å². The summed E-state index contributed by atoms with van der Waals surface area (Å²) >= 11 is 0. The first-order valence-corrected chi connectivity index (χ1v) is 7.42. The standard InChI is InChI=1S/C18H15NO6/c1-23-13-5-3-4-11(8-13)15(20)10-19-14-7-6-12(17(21)24-2)9-16(14)25-18(19)22/h3-9H,10H2,1-2H3. The number of nitrogens with zero attached hydrogens (tertiary/aromatic N) is 1. The van der Waals surface area contributed by atoms with Crippen LogP contribution in [0.3, 0.4) is 0 Å². The fourth-order valence-electron chi connectivity index (χ4n) is 2.49. The van der Waals surface area contributed by atoms with Gasteiger partial charge in [-0.25, -0.2) is 9.59 Å². The number of carbonyl (C=O) groups is 2. The average molecular weight is 341 g/mol. The first-order valence-electron chi connectivity index (χ1n) is 7.42. The molecule has 2 aromatic carbocycles. The molecular weight excluding hydrogens is 326 g/mol. The van der Waals surface area contributed by atoms with E-state index in [1.54, 1.807) is 30.3 Å². The van der Waals surface area contributed by atoms with Crippen molar-refractivity contribution in [1.82, 2.24) is 4.57 Å². The van der Waals surface area contributed by atoms with Gasteiger partial charge in [0, 0.05) is 5.56 Å². The summed E-state index contributed by atoms with van der Waals surface area (Å²) < 4.78 is 16.1. The van der Waals surface area contributed by atoms with Gasteiger partial charge in [0.15, 0.2) is 11.4 Å². The monoisotopic (exact) mass is 341 g/mol. The smallest absolute Gasteiger partial charge is 0.420 e. The van der Waals surface area contributed by atoms with Gasteiger partial charge in [-0.1, -0.05) is 12.1 Å². The van der Waals surface area contributed by atoms with Crippen molar-refractivity contribution in [1.29, 1.82) is 0 Å². The molecular formula is C18H15NO6. The van der Waals surface area contributed by atoms with Crippen LogP contribution in [0.5, 0.6) is 5.75 Å². The maximum absolute atomic E-state index is 12.5. The number of methoxy groups -OCH3 is 2. The van der Waals surface area contributed by atoms with E-state index in [1.807, 2.05) is 0 Å². The molecule has 0 fully saturated rings. The largest absolute Gasteiger partial charge is 0.497 e. The fraction of sp³-hybridized carbons (Fsp3) is 0.167. The summed E-state index contributed by atoms with van der Waals surface area (Å²) in [5, 5.41) is 0. The molecule has 3 aromatic rings. The number of hydrogen-bond donors (Lipinski definition) is 0. The molecule has 25 heavy (non-hydrogen) atoms. The Labute approximate surface area is 142 Å². The molecule has 128 valence electrons. The zero-order valence-electron chi connectivity index (χ0n) is 13.6. The van der Waals surface area contributed by atoms with Crippen LogP contribution in [0.1, 0.15) is 20.7 Å². The summed E-state index contributed by atoms with van der Waals surface area (Å²) in [6.45, 7) is -0.184. The Morgan fingerprint density at radius 3 is 2.60 bits per heavy atom. The molecule has 0 aliphatic rings. The van der Waals surface area contributed by atoms with E-state index in [2.05, 4.69) is 4.74 Å². The summed E-state index contributed by atoms with van der Waals surface area (Å²) in [7, 11) is 2.78. The van der Waals surface area contributed by atoms with E-state index in [4.69, 9.17) is 9.15 Å². The normalized spacial score (nSPS) is 10.6. The molecule has 0 spiro atoms. The maximum Gasteiger partial charge on any atom is 0.420 e. The van der Waals surface area contributed by atoms with Crippen molar-refractivity contribution in [2.24, 2.45) is 0 Å². The third-order valence-corrected chi connectivity index (χ3v) is 3.78. The first-order chi connectivity index (χ1) is 12.0. The number of ether oxygens (including phenoxy) is 2. The molecule has 1 heterocycles. The Hall–Kier alpha value is -3.35. The summed E-state index contributed by atoms with van der Waals surface area (Å²) in [5.74, 6) is -0.920. The third-order valence-electron chi connectivity index (χ3n) is 3.78. The highest BCUT2D eigenvalue weighted by atomic mass is 16.5. The molecule has 0 N–H and O–H groups in total. The van der Waals surface area contributed by atoms with Gasteiger partial charge in [-0.15, -0.1) is 0 Å². The molecule has 1 aromatic heterocycles. The second-order valence-corrected chi connectivity index (χ2v) is 5.28. The molecule has 0 amide bonds. The lowest BCUT2D eigenvalue weighted by molar-refractivity contribution is 0.0600. The fourth-order valence-corrected chi connectivity index (χ4v) is 2.49. The molecule has 0 radical (unpaired) electrons. The topological polar surface area (TPSA) is 87.7 Å². The van der Waals surface area contributed by atoms with Crippen molar-refractivity contribution in [3.05, 3.63) is 64.1 Å². The number of aromatic nitrogens is 1. The minimum atomic E-state index is -0.673. The number of benzene rings is 2. The molecule has 7 heteroatoms. The van der Waals surface area contributed by atoms with Crippen LogP contribution in [0.4, 0.5) is 0 Å². The molecule has 0 aliphatic carbocycles. The quantitative estimate of drug-likeness (QED) is 0.522. The number of rotatable bonds is 5. The average Bonchev–Trinajstić information content (AvgIpc) is 2.95. The zero-order valence-corrected chi connectivity index (χ0v) is 13.6. The van der Waals surface area contributed by atoms with E-state index in [0.29, 0.717) is 16.8 Å². The molecule has 7 nitrogen and oxygen atoms in total. The minimum Gasteiger partial charge on any atom is -0.497 e. The Bertz CT molecular complexity index is 1010. The molecule has 0 saturated carbocycles. The van der Waals surface area contributed by atoms with Gasteiger partial charge in [0.25, 0.3) is 0 Å². The van der Waals surface area contributed by atoms with E-state index in [9.17, 15) is 14.4 Å². The summed E-state index contributed by atoms with van der Waals surface area (Å²) in [6, 6.07) is 11.1. The van der Waals surface area contributed by atoms with E-state index < -0.39 is 11.7 Å².